The van der Waals surface area contributed by atoms with Gasteiger partial charge in [-0.25, -0.2) is 0 Å². The van der Waals surface area contributed by atoms with E-state index in [0.29, 0.717) is 0 Å². The van der Waals surface area contributed by atoms with E-state index in [1.54, 1.807) is 6.26 Å². The molecule has 1 aromatic carbocycles. The van der Waals surface area contributed by atoms with Gasteiger partial charge in [-0.1, -0.05) is 26.0 Å². The summed E-state index contributed by atoms with van der Waals surface area (Å²) in [5.74, 6) is -1.21. The Morgan fingerprint density at radius 2 is 2.06 bits per heavy atom. The van der Waals surface area contributed by atoms with Gasteiger partial charge >= 0.3 is 5.97 Å². The Bertz CT molecular complexity index is 511. The van der Waals surface area contributed by atoms with Crippen molar-refractivity contribution in [3.8, 4) is 0 Å². The minimum atomic E-state index is -0.791. The summed E-state index contributed by atoms with van der Waals surface area (Å²) in [5, 5.41) is 10.2. The van der Waals surface area contributed by atoms with Crippen LogP contribution in [0.3, 0.4) is 0 Å². The lowest BCUT2D eigenvalue weighted by Gasteiger charge is -2.16. The molecule has 0 saturated carbocycles. The first kappa shape index (κ1) is 10.7. The van der Waals surface area contributed by atoms with Crippen LogP contribution in [0.4, 0.5) is 0 Å². The summed E-state index contributed by atoms with van der Waals surface area (Å²) in [6, 6.07) is 7.43. The van der Waals surface area contributed by atoms with E-state index in [1.165, 1.54) is 0 Å². The lowest BCUT2D eigenvalue weighted by atomic mass is 9.88. The predicted molar refractivity (Wildman–Crippen MR) is 61.4 cm³/mol. The Kier molecular flexibility index (Phi) is 2.69. The molecule has 1 aromatic heterocycles. The Labute approximate surface area is 93.7 Å². The largest absolute Gasteiger partial charge is 0.481 e. The molecule has 0 aliphatic heterocycles. The first-order valence-corrected chi connectivity index (χ1v) is 5.29. The van der Waals surface area contributed by atoms with Crippen LogP contribution in [0.15, 0.2) is 34.9 Å². The van der Waals surface area contributed by atoms with Gasteiger partial charge in [0.1, 0.15) is 5.58 Å². The third-order valence-corrected chi connectivity index (χ3v) is 2.77. The van der Waals surface area contributed by atoms with E-state index in [9.17, 15) is 9.90 Å². The Hall–Kier alpha value is -1.77. The van der Waals surface area contributed by atoms with Crippen LogP contribution >= 0.6 is 0 Å². The summed E-state index contributed by atoms with van der Waals surface area (Å²) in [5.41, 5.74) is 1.54. The molecule has 0 radical (unpaired) electrons. The van der Waals surface area contributed by atoms with E-state index in [0.717, 1.165) is 16.5 Å². The third kappa shape index (κ3) is 1.81. The van der Waals surface area contributed by atoms with E-state index in [2.05, 4.69) is 0 Å². The van der Waals surface area contributed by atoms with Crippen molar-refractivity contribution in [1.82, 2.24) is 0 Å². The second kappa shape index (κ2) is 4.00. The molecule has 1 N–H and O–H groups in total. The molecule has 0 spiro atoms. The number of carboxylic acids is 1. The number of hydrogen-bond acceptors (Lipinski definition) is 2. The minimum absolute atomic E-state index is 0.0601. The van der Waals surface area contributed by atoms with Crippen molar-refractivity contribution in [3.05, 3.63) is 36.1 Å². The SMILES string of the molecule is CC(C)C(C(=O)O)c1ccc2ccoc2c1. The van der Waals surface area contributed by atoms with Gasteiger partial charge in [0.25, 0.3) is 0 Å². The van der Waals surface area contributed by atoms with Crippen molar-refractivity contribution < 1.29 is 14.3 Å². The number of fused-ring (bicyclic) bond motifs is 1. The lowest BCUT2D eigenvalue weighted by molar-refractivity contribution is -0.139. The van der Waals surface area contributed by atoms with Gasteiger partial charge in [0.2, 0.25) is 0 Å². The van der Waals surface area contributed by atoms with Crippen molar-refractivity contribution in [2.24, 2.45) is 5.92 Å². The highest BCUT2D eigenvalue weighted by Crippen LogP contribution is 2.28. The number of carbonyl (C=O) groups is 1. The molecular formula is C13H14O3. The van der Waals surface area contributed by atoms with Gasteiger partial charge in [0, 0.05) is 5.39 Å². The van der Waals surface area contributed by atoms with E-state index >= 15 is 0 Å². The second-order valence-corrected chi connectivity index (χ2v) is 4.28. The third-order valence-electron chi connectivity index (χ3n) is 2.77. The molecule has 2 rings (SSSR count). The van der Waals surface area contributed by atoms with Gasteiger partial charge in [0.15, 0.2) is 0 Å². The van der Waals surface area contributed by atoms with Gasteiger partial charge in [-0.3, -0.25) is 4.79 Å². The van der Waals surface area contributed by atoms with Crippen LogP contribution in [-0.4, -0.2) is 11.1 Å². The molecule has 2 aromatic rings. The quantitative estimate of drug-likeness (QED) is 0.860. The fraction of sp³-hybridized carbons (Fsp3) is 0.308. The van der Waals surface area contributed by atoms with Crippen LogP contribution < -0.4 is 0 Å². The van der Waals surface area contributed by atoms with E-state index in [4.69, 9.17) is 4.42 Å². The second-order valence-electron chi connectivity index (χ2n) is 4.28. The van der Waals surface area contributed by atoms with Crippen molar-refractivity contribution in [2.75, 3.05) is 0 Å². The maximum absolute atomic E-state index is 11.2. The number of aliphatic carboxylic acids is 1. The summed E-state index contributed by atoms with van der Waals surface area (Å²) in [4.78, 5) is 11.2. The van der Waals surface area contributed by atoms with Crippen LogP contribution in [0.1, 0.15) is 25.3 Å². The standard InChI is InChI=1S/C13H14O3/c1-8(2)12(13(14)15)10-4-3-9-5-6-16-11(9)7-10/h3-8,12H,1-2H3,(H,14,15). The predicted octanol–water partition coefficient (Wildman–Crippen LogP) is 3.26. The topological polar surface area (TPSA) is 50.4 Å². The zero-order chi connectivity index (χ0) is 11.7. The number of carboxylic acid groups (broad SMARTS) is 1. The maximum Gasteiger partial charge on any atom is 0.311 e. The van der Waals surface area contributed by atoms with Crippen LogP contribution in [0.2, 0.25) is 0 Å². The lowest BCUT2D eigenvalue weighted by Crippen LogP contribution is -2.17. The Morgan fingerprint density at radius 3 is 2.69 bits per heavy atom. The van der Waals surface area contributed by atoms with E-state index in [-0.39, 0.29) is 5.92 Å². The van der Waals surface area contributed by atoms with Gasteiger partial charge in [0.05, 0.1) is 12.2 Å². The van der Waals surface area contributed by atoms with Crippen molar-refractivity contribution in [3.63, 3.8) is 0 Å². The fourth-order valence-electron chi connectivity index (χ4n) is 1.98. The molecule has 0 bridgehead atoms. The number of furan rings is 1. The zero-order valence-electron chi connectivity index (χ0n) is 9.31. The molecule has 1 atom stereocenters. The molecule has 16 heavy (non-hydrogen) atoms. The molecule has 0 fully saturated rings. The smallest absolute Gasteiger partial charge is 0.311 e. The molecule has 84 valence electrons. The summed E-state index contributed by atoms with van der Waals surface area (Å²) in [6.07, 6.45) is 1.61. The average molecular weight is 218 g/mol. The fourth-order valence-corrected chi connectivity index (χ4v) is 1.98. The number of hydrogen-bond donors (Lipinski definition) is 1. The maximum atomic E-state index is 11.2. The molecule has 3 nitrogen and oxygen atoms in total. The summed E-state index contributed by atoms with van der Waals surface area (Å²) >= 11 is 0. The van der Waals surface area contributed by atoms with E-state index < -0.39 is 11.9 Å². The highest BCUT2D eigenvalue weighted by molar-refractivity contribution is 5.82. The van der Waals surface area contributed by atoms with Crippen molar-refractivity contribution >= 4 is 16.9 Å². The summed E-state index contributed by atoms with van der Waals surface area (Å²) in [6.45, 7) is 3.82. The highest BCUT2D eigenvalue weighted by Gasteiger charge is 2.23. The monoisotopic (exact) mass is 218 g/mol. The van der Waals surface area contributed by atoms with Crippen molar-refractivity contribution in [1.29, 1.82) is 0 Å². The van der Waals surface area contributed by atoms with E-state index in [1.807, 2.05) is 38.1 Å². The first-order valence-electron chi connectivity index (χ1n) is 5.29. The molecule has 0 amide bonds. The normalized spacial score (nSPS) is 13.2. The molecule has 0 saturated heterocycles. The number of rotatable bonds is 3. The molecule has 0 aliphatic rings. The molecule has 0 aliphatic carbocycles. The molecule has 1 unspecified atom stereocenters. The van der Waals surface area contributed by atoms with Crippen LogP contribution in [-0.2, 0) is 4.79 Å². The summed E-state index contributed by atoms with van der Waals surface area (Å²) < 4.78 is 5.28. The number of benzene rings is 1. The van der Waals surface area contributed by atoms with Gasteiger partial charge in [-0.15, -0.1) is 0 Å². The first-order chi connectivity index (χ1) is 7.59. The molecule has 1 heterocycles. The van der Waals surface area contributed by atoms with Crippen LogP contribution in [0, 0.1) is 5.92 Å². The van der Waals surface area contributed by atoms with Gasteiger partial charge < -0.3 is 9.52 Å². The van der Waals surface area contributed by atoms with Crippen LogP contribution in [0.5, 0.6) is 0 Å². The van der Waals surface area contributed by atoms with Crippen molar-refractivity contribution in [2.45, 2.75) is 19.8 Å². The summed E-state index contributed by atoms with van der Waals surface area (Å²) in [7, 11) is 0. The highest BCUT2D eigenvalue weighted by atomic mass is 16.4. The zero-order valence-corrected chi connectivity index (χ0v) is 9.31. The Morgan fingerprint density at radius 1 is 1.31 bits per heavy atom. The van der Waals surface area contributed by atoms with Gasteiger partial charge in [-0.05, 0) is 23.6 Å². The molecular weight excluding hydrogens is 204 g/mol. The van der Waals surface area contributed by atoms with Crippen LogP contribution in [0.25, 0.3) is 11.0 Å². The Balaban J connectivity index is 2.48. The average Bonchev–Trinajstić information content (AvgIpc) is 2.63. The molecule has 3 heteroatoms. The van der Waals surface area contributed by atoms with Gasteiger partial charge in [-0.2, -0.15) is 0 Å². The minimum Gasteiger partial charge on any atom is -0.481 e.